The number of aliphatic hydroxyl groups is 1. The van der Waals surface area contributed by atoms with Crippen LogP contribution in [0.25, 0.3) is 17.0 Å². The van der Waals surface area contributed by atoms with Gasteiger partial charge in [-0.2, -0.15) is 0 Å². The zero-order valence-corrected chi connectivity index (χ0v) is 15.6. The van der Waals surface area contributed by atoms with E-state index in [0.29, 0.717) is 34.0 Å². The zero-order valence-electron chi connectivity index (χ0n) is 14.8. The molecule has 0 bridgehead atoms. The largest absolute Gasteiger partial charge is 0.496 e. The lowest BCUT2D eigenvalue weighted by Gasteiger charge is -2.12. The SMILES string of the molecule is C=Cc1cc(Cl)ccc1C(=O)NCc1ccnc2cc(OC)c(CO)cc12. The molecule has 0 saturated carbocycles. The van der Waals surface area contributed by atoms with Crippen molar-refractivity contribution in [3.8, 4) is 5.75 Å². The summed E-state index contributed by atoms with van der Waals surface area (Å²) in [7, 11) is 1.55. The third-order valence-electron chi connectivity index (χ3n) is 4.32. The van der Waals surface area contributed by atoms with Gasteiger partial charge in [-0.05, 0) is 41.5 Å². The van der Waals surface area contributed by atoms with Gasteiger partial charge in [0.1, 0.15) is 5.75 Å². The number of pyridine rings is 1. The smallest absolute Gasteiger partial charge is 0.252 e. The Morgan fingerprint density at radius 3 is 2.81 bits per heavy atom. The highest BCUT2D eigenvalue weighted by molar-refractivity contribution is 6.30. The van der Waals surface area contributed by atoms with Crippen molar-refractivity contribution in [2.45, 2.75) is 13.2 Å². The van der Waals surface area contributed by atoms with Gasteiger partial charge >= 0.3 is 0 Å². The number of carbonyl (C=O) groups is 1. The predicted octanol–water partition coefficient (Wildman–Crippen LogP) is 3.96. The number of carbonyl (C=O) groups excluding carboxylic acids is 1. The van der Waals surface area contributed by atoms with Crippen molar-refractivity contribution in [2.24, 2.45) is 0 Å². The lowest BCUT2D eigenvalue weighted by Crippen LogP contribution is -2.23. The van der Waals surface area contributed by atoms with Gasteiger partial charge < -0.3 is 15.2 Å². The molecule has 0 aliphatic rings. The number of aromatic nitrogens is 1. The normalized spacial score (nSPS) is 10.6. The quantitative estimate of drug-likeness (QED) is 0.676. The van der Waals surface area contributed by atoms with E-state index in [4.69, 9.17) is 16.3 Å². The monoisotopic (exact) mass is 382 g/mol. The van der Waals surface area contributed by atoms with Crippen LogP contribution in [0.1, 0.15) is 27.0 Å². The molecule has 138 valence electrons. The summed E-state index contributed by atoms with van der Waals surface area (Å²) >= 11 is 5.97. The number of ether oxygens (including phenoxy) is 1. The molecule has 0 aliphatic carbocycles. The summed E-state index contributed by atoms with van der Waals surface area (Å²) in [6.45, 7) is 3.90. The number of rotatable bonds is 6. The van der Waals surface area contributed by atoms with E-state index < -0.39 is 0 Å². The van der Waals surface area contributed by atoms with Crippen LogP contribution < -0.4 is 10.1 Å². The Bertz CT molecular complexity index is 1020. The summed E-state index contributed by atoms with van der Waals surface area (Å²) < 4.78 is 5.29. The van der Waals surface area contributed by atoms with Gasteiger partial charge in [-0.3, -0.25) is 9.78 Å². The molecular formula is C21H19ClN2O3. The topological polar surface area (TPSA) is 71.5 Å². The lowest BCUT2D eigenvalue weighted by molar-refractivity contribution is 0.0951. The van der Waals surface area contributed by atoms with Gasteiger partial charge in [0.25, 0.3) is 5.91 Å². The summed E-state index contributed by atoms with van der Waals surface area (Å²) in [6, 6.07) is 10.5. The Morgan fingerprint density at radius 1 is 1.30 bits per heavy atom. The maximum absolute atomic E-state index is 12.6. The Morgan fingerprint density at radius 2 is 2.11 bits per heavy atom. The average molecular weight is 383 g/mol. The van der Waals surface area contributed by atoms with Crippen molar-refractivity contribution in [1.29, 1.82) is 0 Å². The predicted molar refractivity (Wildman–Crippen MR) is 107 cm³/mol. The minimum Gasteiger partial charge on any atom is -0.496 e. The highest BCUT2D eigenvalue weighted by Gasteiger charge is 2.12. The fourth-order valence-corrected chi connectivity index (χ4v) is 3.10. The number of amides is 1. The molecule has 1 heterocycles. The average Bonchev–Trinajstić information content (AvgIpc) is 2.70. The van der Waals surface area contributed by atoms with Crippen LogP contribution in [-0.4, -0.2) is 23.1 Å². The third kappa shape index (κ3) is 3.94. The van der Waals surface area contributed by atoms with Crippen molar-refractivity contribution >= 4 is 34.5 Å². The van der Waals surface area contributed by atoms with Crippen LogP contribution in [0.15, 0.2) is 49.2 Å². The van der Waals surface area contributed by atoms with Crippen molar-refractivity contribution in [3.63, 3.8) is 0 Å². The summed E-state index contributed by atoms with van der Waals surface area (Å²) in [6.07, 6.45) is 3.28. The van der Waals surface area contributed by atoms with Crippen molar-refractivity contribution in [3.05, 3.63) is 76.5 Å². The van der Waals surface area contributed by atoms with Gasteiger partial charge in [0.05, 0.1) is 19.2 Å². The molecule has 27 heavy (non-hydrogen) atoms. The van der Waals surface area contributed by atoms with Gasteiger partial charge in [0.2, 0.25) is 0 Å². The first-order chi connectivity index (χ1) is 13.1. The molecule has 5 nitrogen and oxygen atoms in total. The number of methoxy groups -OCH3 is 1. The number of benzene rings is 2. The standard InChI is InChI=1S/C21H19ClN2O3/c1-3-13-8-16(22)4-5-17(13)21(26)24-11-14-6-7-23-19-10-20(27-2)15(12-25)9-18(14)19/h3-10,25H,1,11-12H2,2H3,(H,24,26). The summed E-state index contributed by atoms with van der Waals surface area (Å²) in [5, 5.41) is 13.9. The number of aliphatic hydroxyl groups excluding tert-OH is 1. The fourth-order valence-electron chi connectivity index (χ4n) is 2.92. The van der Waals surface area contributed by atoms with Crippen LogP contribution in [0.3, 0.4) is 0 Å². The lowest BCUT2D eigenvalue weighted by atomic mass is 10.0. The molecule has 3 aromatic rings. The summed E-state index contributed by atoms with van der Waals surface area (Å²) in [4.78, 5) is 16.9. The van der Waals surface area contributed by atoms with Crippen molar-refractivity contribution in [2.75, 3.05) is 7.11 Å². The third-order valence-corrected chi connectivity index (χ3v) is 4.56. The summed E-state index contributed by atoms with van der Waals surface area (Å²) in [5.74, 6) is 0.359. The maximum atomic E-state index is 12.6. The van der Waals surface area contributed by atoms with Gasteiger partial charge in [-0.1, -0.05) is 24.3 Å². The van der Waals surface area contributed by atoms with E-state index in [-0.39, 0.29) is 12.5 Å². The maximum Gasteiger partial charge on any atom is 0.252 e. The Labute approximate surface area is 162 Å². The van der Waals surface area contributed by atoms with E-state index >= 15 is 0 Å². The Kier molecular flexibility index (Phi) is 5.74. The van der Waals surface area contributed by atoms with E-state index in [9.17, 15) is 9.90 Å². The molecule has 0 unspecified atom stereocenters. The van der Waals surface area contributed by atoms with Crippen LogP contribution in [0.2, 0.25) is 5.02 Å². The van der Waals surface area contributed by atoms with Crippen LogP contribution in [0.4, 0.5) is 0 Å². The summed E-state index contributed by atoms with van der Waals surface area (Å²) in [5.41, 5.74) is 3.46. The molecule has 0 radical (unpaired) electrons. The number of halogens is 1. The van der Waals surface area contributed by atoms with Crippen LogP contribution >= 0.6 is 11.6 Å². The van der Waals surface area contributed by atoms with E-state index in [2.05, 4.69) is 16.9 Å². The molecule has 0 spiro atoms. The number of nitrogens with one attached hydrogen (secondary N) is 1. The highest BCUT2D eigenvalue weighted by Crippen LogP contribution is 2.27. The first-order valence-electron chi connectivity index (χ1n) is 8.33. The van der Waals surface area contributed by atoms with Gasteiger partial charge in [-0.25, -0.2) is 0 Å². The minimum atomic E-state index is -0.220. The van der Waals surface area contributed by atoms with Crippen LogP contribution in [0, 0.1) is 0 Å². The molecule has 2 aromatic carbocycles. The zero-order chi connectivity index (χ0) is 19.4. The molecule has 0 atom stereocenters. The van der Waals surface area contributed by atoms with Gasteiger partial charge in [0.15, 0.2) is 0 Å². The van der Waals surface area contributed by atoms with Crippen molar-refractivity contribution in [1.82, 2.24) is 10.3 Å². The first kappa shape index (κ1) is 18.9. The molecule has 6 heteroatoms. The Hall–Kier alpha value is -2.89. The first-order valence-corrected chi connectivity index (χ1v) is 8.70. The molecule has 3 rings (SSSR count). The van der Waals surface area contributed by atoms with E-state index in [1.54, 1.807) is 43.6 Å². The van der Waals surface area contributed by atoms with Crippen molar-refractivity contribution < 1.29 is 14.6 Å². The molecular weight excluding hydrogens is 364 g/mol. The second kappa shape index (κ2) is 8.20. The number of hydrogen-bond donors (Lipinski definition) is 2. The Balaban J connectivity index is 1.89. The van der Waals surface area contributed by atoms with Crippen LogP contribution in [0.5, 0.6) is 5.75 Å². The molecule has 1 amide bonds. The van der Waals surface area contributed by atoms with E-state index in [1.807, 2.05) is 12.1 Å². The molecule has 2 N–H and O–H groups in total. The molecule has 1 aromatic heterocycles. The number of nitrogens with zero attached hydrogens (tertiary/aromatic N) is 1. The fraction of sp³-hybridized carbons (Fsp3) is 0.143. The highest BCUT2D eigenvalue weighted by atomic mass is 35.5. The molecule has 0 fully saturated rings. The van der Waals surface area contributed by atoms with E-state index in [1.165, 1.54) is 0 Å². The second-order valence-electron chi connectivity index (χ2n) is 5.93. The second-order valence-corrected chi connectivity index (χ2v) is 6.36. The molecule has 0 saturated heterocycles. The molecule has 0 aliphatic heterocycles. The number of fused-ring (bicyclic) bond motifs is 1. The number of hydrogen-bond acceptors (Lipinski definition) is 4. The van der Waals surface area contributed by atoms with E-state index in [0.717, 1.165) is 16.5 Å². The van der Waals surface area contributed by atoms with Gasteiger partial charge in [-0.15, -0.1) is 0 Å². The van der Waals surface area contributed by atoms with Gasteiger partial charge in [0, 0.05) is 40.3 Å². The minimum absolute atomic E-state index is 0.146. The van der Waals surface area contributed by atoms with Crippen LogP contribution in [-0.2, 0) is 13.2 Å².